The van der Waals surface area contributed by atoms with E-state index in [2.05, 4.69) is 18.3 Å². The summed E-state index contributed by atoms with van der Waals surface area (Å²) in [6.07, 6.45) is 1.84. The van der Waals surface area contributed by atoms with Gasteiger partial charge in [-0.15, -0.1) is 6.58 Å². The summed E-state index contributed by atoms with van der Waals surface area (Å²) in [7, 11) is 0. The molecular formula is C26H31N3O6. The number of ether oxygens (including phenoxy) is 2. The van der Waals surface area contributed by atoms with Gasteiger partial charge >= 0.3 is 12.1 Å². The maximum atomic E-state index is 13.7. The van der Waals surface area contributed by atoms with Gasteiger partial charge in [0.2, 0.25) is 0 Å². The first-order valence-corrected chi connectivity index (χ1v) is 11.4. The van der Waals surface area contributed by atoms with Gasteiger partial charge < -0.3 is 14.6 Å². The minimum atomic E-state index is -1.30. The number of amides is 2. The average molecular weight is 482 g/mol. The predicted molar refractivity (Wildman–Crippen MR) is 129 cm³/mol. The lowest BCUT2D eigenvalue weighted by atomic mass is 9.99. The molecule has 0 saturated carbocycles. The second-order valence-electron chi connectivity index (χ2n) is 9.18. The van der Waals surface area contributed by atoms with Crippen molar-refractivity contribution < 1.29 is 29.0 Å². The zero-order valence-electron chi connectivity index (χ0n) is 20.3. The summed E-state index contributed by atoms with van der Waals surface area (Å²) in [4.78, 5) is 40.6. The van der Waals surface area contributed by atoms with Gasteiger partial charge in [0.15, 0.2) is 6.04 Å². The lowest BCUT2D eigenvalue weighted by Gasteiger charge is -2.34. The van der Waals surface area contributed by atoms with E-state index in [9.17, 15) is 19.5 Å². The van der Waals surface area contributed by atoms with Gasteiger partial charge in [-0.05, 0) is 45.3 Å². The molecule has 1 aromatic heterocycles. The van der Waals surface area contributed by atoms with Gasteiger partial charge in [-0.1, -0.05) is 43.0 Å². The molecular weight excluding hydrogens is 450 g/mol. The fourth-order valence-electron chi connectivity index (χ4n) is 3.78. The number of aromatic nitrogens is 2. The summed E-state index contributed by atoms with van der Waals surface area (Å²) < 4.78 is 12.2. The molecule has 2 heterocycles. The molecule has 2 unspecified atom stereocenters. The van der Waals surface area contributed by atoms with Crippen LogP contribution in [-0.2, 0) is 27.4 Å². The van der Waals surface area contributed by atoms with Gasteiger partial charge in [0.25, 0.3) is 5.91 Å². The number of carbonyl (C=O) groups is 3. The molecule has 1 aliphatic rings. The number of allylic oxidation sites excluding steroid dienone is 1. The van der Waals surface area contributed by atoms with Crippen molar-refractivity contribution in [3.8, 4) is 0 Å². The van der Waals surface area contributed by atoms with Crippen molar-refractivity contribution in [1.29, 1.82) is 0 Å². The second kappa shape index (κ2) is 10.7. The van der Waals surface area contributed by atoms with Gasteiger partial charge in [-0.3, -0.25) is 9.48 Å². The Morgan fingerprint density at radius 3 is 2.54 bits per heavy atom. The highest BCUT2D eigenvalue weighted by molar-refractivity contribution is 6.07. The molecule has 0 aliphatic carbocycles. The number of esters is 1. The first kappa shape index (κ1) is 25.9. The molecule has 1 aromatic carbocycles. The van der Waals surface area contributed by atoms with Crippen LogP contribution in [0.4, 0.5) is 4.79 Å². The zero-order valence-corrected chi connectivity index (χ0v) is 20.3. The zero-order chi connectivity index (χ0) is 25.8. The summed E-state index contributed by atoms with van der Waals surface area (Å²) in [6, 6.07) is 7.75. The molecule has 2 atom stereocenters. The summed E-state index contributed by atoms with van der Waals surface area (Å²) in [5, 5.41) is 15.2. The van der Waals surface area contributed by atoms with Crippen LogP contribution in [0, 0.1) is 0 Å². The number of hydrogen-bond donors (Lipinski definition) is 1. The third-order valence-electron chi connectivity index (χ3n) is 5.35. The Balaban J connectivity index is 2.00. The first-order chi connectivity index (χ1) is 16.6. The first-order valence-electron chi connectivity index (χ1n) is 11.4. The van der Waals surface area contributed by atoms with Crippen LogP contribution in [0.2, 0.25) is 0 Å². The van der Waals surface area contributed by atoms with Crippen LogP contribution in [0.3, 0.4) is 0 Å². The largest absolute Gasteiger partial charge is 0.459 e. The van der Waals surface area contributed by atoms with E-state index in [1.54, 1.807) is 39.0 Å². The lowest BCUT2D eigenvalue weighted by molar-refractivity contribution is -0.151. The van der Waals surface area contributed by atoms with E-state index in [1.807, 2.05) is 18.2 Å². The number of rotatable bonds is 8. The normalized spacial score (nSPS) is 16.3. The van der Waals surface area contributed by atoms with E-state index >= 15 is 0 Å². The Bertz CT molecular complexity index is 1120. The third kappa shape index (κ3) is 5.86. The van der Waals surface area contributed by atoms with Gasteiger partial charge in [0.1, 0.15) is 17.9 Å². The SMILES string of the molecule is C=CCCC(O)c1c(C=C)nn2c1C(=O)N(C(=O)OC(C)(C)C)C(C(=O)OCc1ccccc1)C2. The van der Waals surface area contributed by atoms with Crippen molar-refractivity contribution in [3.63, 3.8) is 0 Å². The summed E-state index contributed by atoms with van der Waals surface area (Å²) in [5.74, 6) is -1.58. The Morgan fingerprint density at radius 1 is 1.26 bits per heavy atom. The van der Waals surface area contributed by atoms with Crippen molar-refractivity contribution in [3.05, 3.63) is 72.1 Å². The molecule has 0 bridgehead atoms. The molecule has 2 amide bonds. The molecule has 0 saturated heterocycles. The van der Waals surface area contributed by atoms with Crippen LogP contribution < -0.4 is 0 Å². The fourth-order valence-corrected chi connectivity index (χ4v) is 3.78. The Morgan fingerprint density at radius 2 is 1.94 bits per heavy atom. The molecule has 9 heteroatoms. The smallest absolute Gasteiger partial charge is 0.418 e. The molecule has 0 radical (unpaired) electrons. The van der Waals surface area contributed by atoms with Crippen molar-refractivity contribution in [2.45, 2.75) is 64.5 Å². The van der Waals surface area contributed by atoms with Gasteiger partial charge in [0.05, 0.1) is 18.3 Å². The van der Waals surface area contributed by atoms with Crippen LogP contribution in [0.15, 0.2) is 49.6 Å². The van der Waals surface area contributed by atoms with Crippen molar-refractivity contribution in [2.24, 2.45) is 0 Å². The lowest BCUT2D eigenvalue weighted by Crippen LogP contribution is -2.56. The number of fused-ring (bicyclic) bond motifs is 1. The van der Waals surface area contributed by atoms with Crippen molar-refractivity contribution in [1.82, 2.24) is 14.7 Å². The number of aliphatic hydroxyl groups is 1. The number of imide groups is 1. The molecule has 3 rings (SSSR count). The van der Waals surface area contributed by atoms with E-state index in [4.69, 9.17) is 9.47 Å². The van der Waals surface area contributed by atoms with Crippen LogP contribution in [-0.4, -0.2) is 49.4 Å². The van der Waals surface area contributed by atoms with Crippen molar-refractivity contribution in [2.75, 3.05) is 0 Å². The van der Waals surface area contributed by atoms with E-state index < -0.39 is 35.7 Å². The Labute approximate surface area is 204 Å². The van der Waals surface area contributed by atoms with Gasteiger partial charge in [0, 0.05) is 5.56 Å². The molecule has 35 heavy (non-hydrogen) atoms. The van der Waals surface area contributed by atoms with Crippen LogP contribution in [0.25, 0.3) is 6.08 Å². The predicted octanol–water partition coefficient (Wildman–Crippen LogP) is 4.03. The van der Waals surface area contributed by atoms with E-state index in [1.165, 1.54) is 10.8 Å². The number of benzene rings is 1. The summed E-state index contributed by atoms with van der Waals surface area (Å²) in [5.41, 5.74) is 0.401. The fraction of sp³-hybridized carbons (Fsp3) is 0.385. The highest BCUT2D eigenvalue weighted by atomic mass is 16.6. The van der Waals surface area contributed by atoms with E-state index in [0.29, 0.717) is 18.5 Å². The molecule has 0 spiro atoms. The van der Waals surface area contributed by atoms with E-state index in [-0.39, 0.29) is 24.4 Å². The number of aliphatic hydroxyl groups excluding tert-OH is 1. The second-order valence-corrected chi connectivity index (χ2v) is 9.18. The Hall–Kier alpha value is -3.72. The highest BCUT2D eigenvalue weighted by Gasteiger charge is 2.46. The monoisotopic (exact) mass is 481 g/mol. The summed E-state index contributed by atoms with van der Waals surface area (Å²) in [6.45, 7) is 12.2. The number of carbonyl (C=O) groups excluding carboxylic acids is 3. The molecule has 186 valence electrons. The molecule has 2 aromatic rings. The maximum Gasteiger partial charge on any atom is 0.418 e. The van der Waals surface area contributed by atoms with Crippen LogP contribution in [0.1, 0.15) is 67.0 Å². The van der Waals surface area contributed by atoms with Crippen LogP contribution in [0.5, 0.6) is 0 Å². The minimum absolute atomic E-state index is 0.00873. The molecule has 0 fully saturated rings. The third-order valence-corrected chi connectivity index (χ3v) is 5.35. The average Bonchev–Trinajstić information content (AvgIpc) is 3.19. The topological polar surface area (TPSA) is 111 Å². The minimum Gasteiger partial charge on any atom is -0.459 e. The summed E-state index contributed by atoms with van der Waals surface area (Å²) >= 11 is 0. The van der Waals surface area contributed by atoms with Crippen molar-refractivity contribution >= 4 is 24.0 Å². The Kier molecular flexibility index (Phi) is 7.91. The van der Waals surface area contributed by atoms with Gasteiger partial charge in [-0.2, -0.15) is 5.10 Å². The molecule has 9 nitrogen and oxygen atoms in total. The van der Waals surface area contributed by atoms with E-state index in [0.717, 1.165) is 10.5 Å². The van der Waals surface area contributed by atoms with Crippen LogP contribution >= 0.6 is 0 Å². The molecule has 1 aliphatic heterocycles. The standard InChI is InChI=1S/C26H31N3O6/c1-6-8-14-20(30)21-18(7-2)27-28-15-19(24(32)34-16-17-12-10-9-11-13-17)29(23(31)22(21)28)25(33)35-26(3,4)5/h6-7,9-13,19-20,30H,1-2,8,14-16H2,3-5H3. The number of nitrogens with zero attached hydrogens (tertiary/aromatic N) is 3. The highest BCUT2D eigenvalue weighted by Crippen LogP contribution is 2.32. The quantitative estimate of drug-likeness (QED) is 0.448. The van der Waals surface area contributed by atoms with Gasteiger partial charge in [-0.25, -0.2) is 14.5 Å². The maximum absolute atomic E-state index is 13.7. The number of hydrogen-bond acceptors (Lipinski definition) is 7. The molecule has 1 N–H and O–H groups in total.